The molecule has 2 fully saturated rings. The third-order valence-corrected chi connectivity index (χ3v) is 4.87. The van der Waals surface area contributed by atoms with Gasteiger partial charge in [-0.05, 0) is 38.3 Å². The lowest BCUT2D eigenvalue weighted by atomic mass is 9.73. The molecule has 0 aliphatic carbocycles. The molecular weight excluding hydrogens is 278 g/mol. The van der Waals surface area contributed by atoms with Gasteiger partial charge in [0.1, 0.15) is 11.5 Å². The molecule has 2 atom stereocenters. The molecule has 1 aromatic rings. The maximum absolute atomic E-state index is 6.06. The Morgan fingerprint density at radius 3 is 3.18 bits per heavy atom. The Bertz CT molecular complexity index is 498. The monoisotopic (exact) mass is 305 g/mol. The van der Waals surface area contributed by atoms with E-state index in [1.54, 1.807) is 0 Å². The van der Waals surface area contributed by atoms with Crippen molar-refractivity contribution < 1.29 is 13.9 Å². The highest BCUT2D eigenvalue weighted by molar-refractivity contribution is 5.06. The summed E-state index contributed by atoms with van der Waals surface area (Å²) in [6, 6.07) is 4.12. The summed E-state index contributed by atoms with van der Waals surface area (Å²) in [5.41, 5.74) is 0.126. The van der Waals surface area contributed by atoms with Crippen molar-refractivity contribution in [2.45, 2.75) is 38.8 Å². The van der Waals surface area contributed by atoms with E-state index in [1.165, 1.54) is 6.42 Å². The first-order valence-corrected chi connectivity index (χ1v) is 8.30. The Balaban J connectivity index is 1.66. The Morgan fingerprint density at radius 1 is 1.50 bits per heavy atom. The number of fused-ring (bicyclic) bond motifs is 1. The summed E-state index contributed by atoms with van der Waals surface area (Å²) >= 11 is 0. The Hall–Kier alpha value is -1.10. The fraction of sp³-hybridized carbons (Fsp3) is 0.667. The van der Waals surface area contributed by atoms with Gasteiger partial charge in [-0.2, -0.15) is 0 Å². The van der Waals surface area contributed by atoms with Gasteiger partial charge in [0.25, 0.3) is 0 Å². The summed E-state index contributed by atoms with van der Waals surface area (Å²) in [7, 11) is 0. The number of piperidine rings is 1. The van der Waals surface area contributed by atoms with Crippen molar-refractivity contribution in [2.24, 2.45) is 5.41 Å². The van der Waals surface area contributed by atoms with Gasteiger partial charge in [-0.15, -0.1) is 6.58 Å². The first-order chi connectivity index (χ1) is 10.7. The minimum atomic E-state index is 0.126. The molecule has 0 radical (unpaired) electrons. The van der Waals surface area contributed by atoms with Crippen molar-refractivity contribution in [3.05, 3.63) is 36.3 Å². The van der Waals surface area contributed by atoms with Crippen LogP contribution in [0.5, 0.6) is 0 Å². The van der Waals surface area contributed by atoms with Gasteiger partial charge in [0.05, 0.1) is 25.9 Å². The van der Waals surface area contributed by atoms with E-state index in [0.29, 0.717) is 12.7 Å². The Morgan fingerprint density at radius 2 is 2.41 bits per heavy atom. The summed E-state index contributed by atoms with van der Waals surface area (Å²) in [5, 5.41) is 0. The summed E-state index contributed by atoms with van der Waals surface area (Å²) in [5.74, 6) is 2.03. The van der Waals surface area contributed by atoms with Crippen LogP contribution in [0.2, 0.25) is 0 Å². The number of ether oxygens (including phenoxy) is 2. The number of furan rings is 1. The first-order valence-electron chi connectivity index (χ1n) is 8.30. The van der Waals surface area contributed by atoms with Crippen molar-refractivity contribution >= 4 is 0 Å². The smallest absolute Gasteiger partial charge is 0.118 e. The molecule has 0 spiro atoms. The van der Waals surface area contributed by atoms with E-state index in [0.717, 1.165) is 57.2 Å². The van der Waals surface area contributed by atoms with E-state index in [-0.39, 0.29) is 5.41 Å². The van der Waals surface area contributed by atoms with Crippen LogP contribution in [-0.4, -0.2) is 43.9 Å². The SMILES string of the molecule is C=CCOC[C@]12CCCO[C@@H]1CCN(Cc1ccc(C)o1)C2. The standard InChI is InChI=1S/C18H27NO3/c1-3-10-20-14-18-8-4-11-21-17(18)7-9-19(13-18)12-16-6-5-15(2)22-16/h3,5-6,17H,1,4,7-14H2,2H3/t17-,18-/m1/s1. The van der Waals surface area contributed by atoms with Crippen molar-refractivity contribution in [2.75, 3.05) is 32.9 Å². The van der Waals surface area contributed by atoms with Gasteiger partial charge in [-0.3, -0.25) is 4.90 Å². The molecular formula is C18H27NO3. The highest BCUT2D eigenvalue weighted by Crippen LogP contribution is 2.40. The lowest BCUT2D eigenvalue weighted by Crippen LogP contribution is -2.56. The number of rotatable bonds is 6. The zero-order chi connectivity index (χ0) is 15.4. The molecule has 4 heteroatoms. The van der Waals surface area contributed by atoms with E-state index in [2.05, 4.69) is 17.5 Å². The third-order valence-electron chi connectivity index (χ3n) is 4.87. The maximum Gasteiger partial charge on any atom is 0.118 e. The molecule has 0 bridgehead atoms. The third kappa shape index (κ3) is 3.45. The Kier molecular flexibility index (Phi) is 5.01. The molecule has 0 N–H and O–H groups in total. The maximum atomic E-state index is 6.06. The lowest BCUT2D eigenvalue weighted by Gasteiger charge is -2.50. The van der Waals surface area contributed by atoms with E-state index in [4.69, 9.17) is 13.9 Å². The van der Waals surface area contributed by atoms with Gasteiger partial charge in [-0.1, -0.05) is 6.08 Å². The largest absolute Gasteiger partial charge is 0.465 e. The quantitative estimate of drug-likeness (QED) is 0.597. The summed E-state index contributed by atoms with van der Waals surface area (Å²) in [6.07, 6.45) is 5.55. The van der Waals surface area contributed by atoms with Gasteiger partial charge < -0.3 is 13.9 Å². The predicted octanol–water partition coefficient (Wildman–Crippen LogP) is 3.16. The summed E-state index contributed by atoms with van der Waals surface area (Å²) in [6.45, 7) is 11.0. The topological polar surface area (TPSA) is 34.8 Å². The molecule has 2 aliphatic heterocycles. The van der Waals surface area contributed by atoms with Crippen LogP contribution in [0.15, 0.2) is 29.2 Å². The fourth-order valence-corrected chi connectivity index (χ4v) is 3.86. The van der Waals surface area contributed by atoms with Crippen LogP contribution >= 0.6 is 0 Å². The molecule has 0 unspecified atom stereocenters. The molecule has 0 saturated carbocycles. The van der Waals surface area contributed by atoms with Crippen LogP contribution in [0.1, 0.15) is 30.8 Å². The van der Waals surface area contributed by atoms with Gasteiger partial charge in [0.15, 0.2) is 0 Å². The van der Waals surface area contributed by atoms with Crippen LogP contribution in [0, 0.1) is 12.3 Å². The van der Waals surface area contributed by atoms with Crippen molar-refractivity contribution in [3.63, 3.8) is 0 Å². The van der Waals surface area contributed by atoms with Gasteiger partial charge >= 0.3 is 0 Å². The van der Waals surface area contributed by atoms with Crippen LogP contribution in [-0.2, 0) is 16.0 Å². The number of hydrogen-bond donors (Lipinski definition) is 0. The zero-order valence-corrected chi connectivity index (χ0v) is 13.6. The highest BCUT2D eigenvalue weighted by atomic mass is 16.5. The van der Waals surface area contributed by atoms with E-state index < -0.39 is 0 Å². The average Bonchev–Trinajstić information content (AvgIpc) is 2.92. The number of hydrogen-bond acceptors (Lipinski definition) is 4. The van der Waals surface area contributed by atoms with E-state index >= 15 is 0 Å². The molecule has 0 aromatic carbocycles. The second-order valence-corrected chi connectivity index (χ2v) is 6.64. The molecule has 22 heavy (non-hydrogen) atoms. The van der Waals surface area contributed by atoms with Gasteiger partial charge in [-0.25, -0.2) is 0 Å². The molecule has 4 nitrogen and oxygen atoms in total. The summed E-state index contributed by atoms with van der Waals surface area (Å²) in [4.78, 5) is 2.49. The van der Waals surface area contributed by atoms with Gasteiger partial charge in [0.2, 0.25) is 0 Å². The fourth-order valence-electron chi connectivity index (χ4n) is 3.86. The number of aryl methyl sites for hydroxylation is 1. The second kappa shape index (κ2) is 6.99. The zero-order valence-electron chi connectivity index (χ0n) is 13.6. The Labute approximate surface area is 133 Å². The minimum absolute atomic E-state index is 0.126. The van der Waals surface area contributed by atoms with Crippen molar-refractivity contribution in [3.8, 4) is 0 Å². The minimum Gasteiger partial charge on any atom is -0.465 e. The van der Waals surface area contributed by atoms with Crippen LogP contribution < -0.4 is 0 Å². The molecule has 2 saturated heterocycles. The molecule has 1 aromatic heterocycles. The summed E-state index contributed by atoms with van der Waals surface area (Å²) < 4.78 is 17.6. The predicted molar refractivity (Wildman–Crippen MR) is 85.8 cm³/mol. The highest BCUT2D eigenvalue weighted by Gasteiger charge is 2.46. The first kappa shape index (κ1) is 15.8. The van der Waals surface area contributed by atoms with Gasteiger partial charge in [0, 0.05) is 25.1 Å². The second-order valence-electron chi connectivity index (χ2n) is 6.64. The van der Waals surface area contributed by atoms with Crippen molar-refractivity contribution in [1.29, 1.82) is 0 Å². The lowest BCUT2D eigenvalue weighted by molar-refractivity contribution is -0.152. The van der Waals surface area contributed by atoms with Crippen molar-refractivity contribution in [1.82, 2.24) is 4.90 Å². The number of nitrogens with zero attached hydrogens (tertiary/aromatic N) is 1. The van der Waals surface area contributed by atoms with E-state index in [1.807, 2.05) is 19.1 Å². The molecule has 0 amide bonds. The number of likely N-dealkylation sites (tertiary alicyclic amines) is 1. The molecule has 122 valence electrons. The molecule has 3 heterocycles. The average molecular weight is 305 g/mol. The normalized spacial score (nSPS) is 29.2. The van der Waals surface area contributed by atoms with Crippen LogP contribution in [0.25, 0.3) is 0 Å². The molecule has 3 rings (SSSR count). The van der Waals surface area contributed by atoms with E-state index in [9.17, 15) is 0 Å². The van der Waals surface area contributed by atoms with Crippen LogP contribution in [0.3, 0.4) is 0 Å². The molecule has 2 aliphatic rings. The van der Waals surface area contributed by atoms with Crippen LogP contribution in [0.4, 0.5) is 0 Å².